The Kier molecular flexibility index (Phi) is 4.62. The van der Waals surface area contributed by atoms with Crippen LogP contribution in [-0.4, -0.2) is 49.3 Å². The van der Waals surface area contributed by atoms with E-state index in [0.29, 0.717) is 6.10 Å². The zero-order chi connectivity index (χ0) is 11.4. The molecular weight excluding hydrogens is 200 g/mol. The molecule has 0 spiro atoms. The van der Waals surface area contributed by atoms with Crippen LogP contribution in [0.15, 0.2) is 0 Å². The van der Waals surface area contributed by atoms with Crippen molar-refractivity contribution in [1.82, 2.24) is 10.2 Å². The standard InChI is InChI=1S/C13H26N2O/c1-11(2)16-9-6-14-12-5-8-15-7-3-4-13(15)10-12/h11-14H,3-10H2,1-2H3. The van der Waals surface area contributed by atoms with Crippen LogP contribution in [0.3, 0.4) is 0 Å². The van der Waals surface area contributed by atoms with E-state index in [1.807, 2.05) is 0 Å². The van der Waals surface area contributed by atoms with Gasteiger partial charge in [0, 0.05) is 18.6 Å². The Morgan fingerprint density at radius 1 is 1.31 bits per heavy atom. The fourth-order valence-corrected chi connectivity index (χ4v) is 2.97. The molecule has 94 valence electrons. The first-order valence-corrected chi connectivity index (χ1v) is 6.84. The molecule has 16 heavy (non-hydrogen) atoms. The van der Waals surface area contributed by atoms with Crippen LogP contribution in [0.2, 0.25) is 0 Å². The number of ether oxygens (including phenoxy) is 1. The molecule has 0 radical (unpaired) electrons. The van der Waals surface area contributed by atoms with Crippen molar-refractivity contribution in [3.63, 3.8) is 0 Å². The van der Waals surface area contributed by atoms with E-state index >= 15 is 0 Å². The van der Waals surface area contributed by atoms with E-state index in [9.17, 15) is 0 Å². The molecule has 2 heterocycles. The third-order valence-corrected chi connectivity index (χ3v) is 3.81. The average Bonchev–Trinajstić information content (AvgIpc) is 2.71. The first-order chi connectivity index (χ1) is 7.75. The van der Waals surface area contributed by atoms with Crippen molar-refractivity contribution >= 4 is 0 Å². The van der Waals surface area contributed by atoms with E-state index in [1.165, 1.54) is 38.8 Å². The van der Waals surface area contributed by atoms with E-state index in [-0.39, 0.29) is 0 Å². The smallest absolute Gasteiger partial charge is 0.0594 e. The summed E-state index contributed by atoms with van der Waals surface area (Å²) in [6.07, 6.45) is 5.85. The van der Waals surface area contributed by atoms with Gasteiger partial charge in [0.05, 0.1) is 12.7 Å². The summed E-state index contributed by atoms with van der Waals surface area (Å²) in [6.45, 7) is 8.69. The first kappa shape index (κ1) is 12.3. The van der Waals surface area contributed by atoms with Gasteiger partial charge in [-0.1, -0.05) is 0 Å². The van der Waals surface area contributed by atoms with Crippen molar-refractivity contribution in [2.24, 2.45) is 0 Å². The summed E-state index contributed by atoms with van der Waals surface area (Å²) in [6, 6.07) is 1.60. The third-order valence-electron chi connectivity index (χ3n) is 3.81. The molecule has 0 aromatic heterocycles. The lowest BCUT2D eigenvalue weighted by Gasteiger charge is -2.35. The summed E-state index contributed by atoms with van der Waals surface area (Å²) in [5, 5.41) is 3.64. The van der Waals surface area contributed by atoms with Crippen LogP contribution < -0.4 is 5.32 Å². The maximum atomic E-state index is 5.55. The number of hydrogen-bond acceptors (Lipinski definition) is 3. The highest BCUT2D eigenvalue weighted by Crippen LogP contribution is 2.26. The molecule has 2 rings (SSSR count). The van der Waals surface area contributed by atoms with Crippen LogP contribution in [0.4, 0.5) is 0 Å². The fraction of sp³-hybridized carbons (Fsp3) is 1.00. The van der Waals surface area contributed by atoms with E-state index in [0.717, 1.165) is 25.2 Å². The Hall–Kier alpha value is -0.120. The summed E-state index contributed by atoms with van der Waals surface area (Å²) in [5.41, 5.74) is 0. The molecule has 0 saturated carbocycles. The Bertz CT molecular complexity index is 208. The second-order valence-corrected chi connectivity index (χ2v) is 5.43. The van der Waals surface area contributed by atoms with Crippen molar-refractivity contribution in [3.8, 4) is 0 Å². The molecule has 0 aliphatic carbocycles. The SMILES string of the molecule is CC(C)OCCNC1CCN2CCCC2C1. The summed E-state index contributed by atoms with van der Waals surface area (Å²) in [4.78, 5) is 2.67. The van der Waals surface area contributed by atoms with Crippen molar-refractivity contribution in [1.29, 1.82) is 0 Å². The van der Waals surface area contributed by atoms with Crippen molar-refractivity contribution < 1.29 is 4.74 Å². The summed E-state index contributed by atoms with van der Waals surface area (Å²) in [5.74, 6) is 0. The van der Waals surface area contributed by atoms with E-state index in [2.05, 4.69) is 24.1 Å². The predicted octanol–water partition coefficient (Wildman–Crippen LogP) is 1.63. The molecule has 0 aromatic rings. The van der Waals surface area contributed by atoms with Crippen LogP contribution in [0.25, 0.3) is 0 Å². The molecule has 2 saturated heterocycles. The molecule has 2 atom stereocenters. The minimum Gasteiger partial charge on any atom is -0.377 e. The van der Waals surface area contributed by atoms with Gasteiger partial charge in [-0.05, 0) is 52.6 Å². The van der Waals surface area contributed by atoms with Gasteiger partial charge in [-0.25, -0.2) is 0 Å². The average molecular weight is 226 g/mol. The monoisotopic (exact) mass is 226 g/mol. The molecule has 0 bridgehead atoms. The summed E-state index contributed by atoms with van der Waals surface area (Å²) in [7, 11) is 0. The van der Waals surface area contributed by atoms with Gasteiger partial charge in [0.2, 0.25) is 0 Å². The van der Waals surface area contributed by atoms with Crippen LogP contribution in [-0.2, 0) is 4.74 Å². The molecule has 0 aromatic carbocycles. The topological polar surface area (TPSA) is 24.5 Å². The van der Waals surface area contributed by atoms with Crippen LogP contribution in [0.1, 0.15) is 39.5 Å². The number of fused-ring (bicyclic) bond motifs is 1. The number of nitrogens with one attached hydrogen (secondary N) is 1. The predicted molar refractivity (Wildman–Crippen MR) is 66.7 cm³/mol. The van der Waals surface area contributed by atoms with Crippen molar-refractivity contribution in [3.05, 3.63) is 0 Å². The highest BCUT2D eigenvalue weighted by atomic mass is 16.5. The van der Waals surface area contributed by atoms with Gasteiger partial charge >= 0.3 is 0 Å². The Balaban J connectivity index is 1.60. The summed E-state index contributed by atoms with van der Waals surface area (Å²) >= 11 is 0. The molecule has 1 N–H and O–H groups in total. The maximum Gasteiger partial charge on any atom is 0.0594 e. The molecule has 2 fully saturated rings. The van der Waals surface area contributed by atoms with Crippen LogP contribution in [0, 0.1) is 0 Å². The highest BCUT2D eigenvalue weighted by molar-refractivity contribution is 4.89. The lowest BCUT2D eigenvalue weighted by atomic mass is 9.98. The number of hydrogen-bond donors (Lipinski definition) is 1. The molecular formula is C13H26N2O. The zero-order valence-electron chi connectivity index (χ0n) is 10.7. The normalized spacial score (nSPS) is 30.9. The molecule has 3 heteroatoms. The largest absolute Gasteiger partial charge is 0.377 e. The van der Waals surface area contributed by atoms with Crippen LogP contribution >= 0.6 is 0 Å². The Morgan fingerprint density at radius 3 is 3.00 bits per heavy atom. The second-order valence-electron chi connectivity index (χ2n) is 5.43. The van der Waals surface area contributed by atoms with Crippen molar-refractivity contribution in [2.45, 2.75) is 57.7 Å². The zero-order valence-corrected chi connectivity index (χ0v) is 10.7. The van der Waals surface area contributed by atoms with Gasteiger partial charge in [-0.2, -0.15) is 0 Å². The molecule has 2 aliphatic rings. The van der Waals surface area contributed by atoms with Gasteiger partial charge in [0.1, 0.15) is 0 Å². The van der Waals surface area contributed by atoms with Gasteiger partial charge < -0.3 is 15.0 Å². The lowest BCUT2D eigenvalue weighted by Crippen LogP contribution is -2.46. The second kappa shape index (κ2) is 5.99. The fourth-order valence-electron chi connectivity index (χ4n) is 2.97. The van der Waals surface area contributed by atoms with Crippen LogP contribution in [0.5, 0.6) is 0 Å². The highest BCUT2D eigenvalue weighted by Gasteiger charge is 2.31. The molecule has 0 amide bonds. The number of piperidine rings is 1. The number of nitrogens with zero attached hydrogens (tertiary/aromatic N) is 1. The van der Waals surface area contributed by atoms with Gasteiger partial charge in [-0.3, -0.25) is 0 Å². The third kappa shape index (κ3) is 3.44. The number of rotatable bonds is 5. The van der Waals surface area contributed by atoms with E-state index in [1.54, 1.807) is 0 Å². The van der Waals surface area contributed by atoms with Gasteiger partial charge in [-0.15, -0.1) is 0 Å². The summed E-state index contributed by atoms with van der Waals surface area (Å²) < 4.78 is 5.55. The van der Waals surface area contributed by atoms with Gasteiger partial charge in [0.25, 0.3) is 0 Å². The van der Waals surface area contributed by atoms with Crippen molar-refractivity contribution in [2.75, 3.05) is 26.2 Å². The minimum absolute atomic E-state index is 0.360. The Labute approximate surface area is 99.5 Å². The molecule has 2 aliphatic heterocycles. The first-order valence-electron chi connectivity index (χ1n) is 6.84. The van der Waals surface area contributed by atoms with Gasteiger partial charge in [0.15, 0.2) is 0 Å². The molecule has 3 nitrogen and oxygen atoms in total. The van der Waals surface area contributed by atoms with E-state index < -0.39 is 0 Å². The Morgan fingerprint density at radius 2 is 2.19 bits per heavy atom. The molecule has 2 unspecified atom stereocenters. The van der Waals surface area contributed by atoms with E-state index in [4.69, 9.17) is 4.74 Å². The lowest BCUT2D eigenvalue weighted by molar-refractivity contribution is 0.0758. The minimum atomic E-state index is 0.360. The quantitative estimate of drug-likeness (QED) is 0.721. The maximum absolute atomic E-state index is 5.55.